The van der Waals surface area contributed by atoms with E-state index in [-0.39, 0.29) is 11.5 Å². The van der Waals surface area contributed by atoms with Crippen LogP contribution < -0.4 is 18.6 Å². The van der Waals surface area contributed by atoms with Crippen molar-refractivity contribution >= 4 is 29.6 Å². The van der Waals surface area contributed by atoms with E-state index in [1.165, 1.54) is 12.0 Å². The van der Waals surface area contributed by atoms with Crippen molar-refractivity contribution in [3.63, 3.8) is 0 Å². The second-order valence-corrected chi connectivity index (χ2v) is 9.06. The lowest BCUT2D eigenvalue weighted by Crippen LogP contribution is -2.49. The second kappa shape index (κ2) is 11.7. The number of carboxylic acids is 1. The van der Waals surface area contributed by atoms with E-state index < -0.39 is 5.97 Å². The van der Waals surface area contributed by atoms with Gasteiger partial charge < -0.3 is 28.6 Å². The third kappa shape index (κ3) is 6.42. The summed E-state index contributed by atoms with van der Waals surface area (Å²) in [4.78, 5) is 28.8. The number of methoxy groups -OCH3 is 2. The first-order valence-corrected chi connectivity index (χ1v) is 12.2. The van der Waals surface area contributed by atoms with Crippen LogP contribution in [-0.2, 0) is 11.2 Å². The van der Waals surface area contributed by atoms with Crippen LogP contribution in [0.3, 0.4) is 0 Å². The molecule has 0 radical (unpaired) electrons. The van der Waals surface area contributed by atoms with Gasteiger partial charge in [-0.25, -0.2) is 4.79 Å². The van der Waals surface area contributed by atoms with Crippen LogP contribution in [0.2, 0.25) is 0 Å². The number of amides is 1. The largest absolute Gasteiger partial charge is 0.497 e. The summed E-state index contributed by atoms with van der Waals surface area (Å²) < 4.78 is 16.4. The normalized spacial score (nSPS) is 13.3. The first kappa shape index (κ1) is 25.2. The minimum absolute atomic E-state index is 0.0853. The number of carbonyl (C=O) groups excluding carboxylic acids is 1. The predicted octanol–water partition coefficient (Wildman–Crippen LogP) is 4.38. The van der Waals surface area contributed by atoms with Crippen LogP contribution in [0.15, 0.2) is 71.6 Å². The monoisotopic (exact) mass is 508 g/mol. The van der Waals surface area contributed by atoms with Crippen molar-refractivity contribution < 1.29 is 28.4 Å². The molecule has 4 rings (SSSR count). The summed E-state index contributed by atoms with van der Waals surface area (Å²) in [5.74, 6) is 1.18. The minimum atomic E-state index is -0.953. The maximum atomic E-state index is 12.9. The fraction of sp³-hybridized carbons (Fsp3) is 0.259. The van der Waals surface area contributed by atoms with Crippen molar-refractivity contribution in [2.75, 3.05) is 45.3 Å². The van der Waals surface area contributed by atoms with Gasteiger partial charge in [0.05, 0.1) is 38.2 Å². The van der Waals surface area contributed by atoms with E-state index >= 15 is 0 Å². The Hall–Kier alpha value is -3.85. The van der Waals surface area contributed by atoms with Crippen LogP contribution in [0.25, 0.3) is 0 Å². The summed E-state index contributed by atoms with van der Waals surface area (Å²) in [6.45, 7) is 2.80. The quantitative estimate of drug-likeness (QED) is 0.426. The maximum absolute atomic E-state index is 12.9. The summed E-state index contributed by atoms with van der Waals surface area (Å²) >= 11 is 1.18. The number of hydrogen-bond acceptors (Lipinski definition) is 7. The Morgan fingerprint density at radius 3 is 2.00 bits per heavy atom. The molecule has 1 heterocycles. The van der Waals surface area contributed by atoms with Crippen molar-refractivity contribution in [3.05, 3.63) is 77.9 Å². The van der Waals surface area contributed by atoms with Crippen molar-refractivity contribution in [1.29, 1.82) is 0 Å². The Morgan fingerprint density at radius 1 is 0.833 bits per heavy atom. The Labute approximate surface area is 214 Å². The standard InChI is InChI=1S/C27H28N2O6S/c1-33-23-15-19(16-24(18-23)34-2)17-26(30)29-13-11-28(12-14-29)21-5-7-22(8-6-21)35-36-25-9-3-20(4-10-25)27(31)32/h3-10,15-16,18H,11-14,17H2,1-2H3,(H,31,32). The van der Waals surface area contributed by atoms with Gasteiger partial charge in [-0.05, 0) is 66.2 Å². The molecular weight excluding hydrogens is 480 g/mol. The smallest absolute Gasteiger partial charge is 0.335 e. The van der Waals surface area contributed by atoms with Gasteiger partial charge >= 0.3 is 5.97 Å². The SMILES string of the molecule is COc1cc(CC(=O)N2CCN(c3ccc(OSc4ccc(C(=O)O)cc4)cc3)CC2)cc(OC)c1. The number of piperazine rings is 1. The van der Waals surface area contributed by atoms with Crippen LogP contribution in [-0.4, -0.2) is 62.3 Å². The topological polar surface area (TPSA) is 88.5 Å². The first-order valence-electron chi connectivity index (χ1n) is 11.5. The number of nitrogens with zero attached hydrogens (tertiary/aromatic N) is 2. The third-order valence-corrected chi connectivity index (χ3v) is 6.68. The number of hydrogen-bond donors (Lipinski definition) is 1. The van der Waals surface area contributed by atoms with Gasteiger partial charge in [-0.2, -0.15) is 0 Å². The molecule has 0 spiro atoms. The molecule has 1 saturated heterocycles. The number of benzene rings is 3. The molecule has 3 aromatic carbocycles. The van der Waals surface area contributed by atoms with E-state index in [1.807, 2.05) is 41.3 Å². The molecule has 0 aliphatic carbocycles. The molecule has 188 valence electrons. The van der Waals surface area contributed by atoms with Crippen molar-refractivity contribution in [2.45, 2.75) is 11.3 Å². The van der Waals surface area contributed by atoms with Gasteiger partial charge in [0, 0.05) is 42.8 Å². The molecule has 1 fully saturated rings. The van der Waals surface area contributed by atoms with Crippen molar-refractivity contribution in [3.8, 4) is 17.2 Å². The van der Waals surface area contributed by atoms with E-state index in [0.717, 1.165) is 29.2 Å². The Bertz CT molecular complexity index is 1170. The molecule has 9 heteroatoms. The fourth-order valence-corrected chi connectivity index (χ4v) is 4.48. The Morgan fingerprint density at radius 2 is 1.44 bits per heavy atom. The molecule has 3 aromatic rings. The van der Waals surface area contributed by atoms with Gasteiger partial charge in [0.1, 0.15) is 17.2 Å². The molecule has 1 aliphatic heterocycles. The van der Waals surface area contributed by atoms with Crippen LogP contribution in [0.1, 0.15) is 15.9 Å². The van der Waals surface area contributed by atoms with Crippen molar-refractivity contribution in [1.82, 2.24) is 4.90 Å². The van der Waals surface area contributed by atoms with Crippen LogP contribution in [0.5, 0.6) is 17.2 Å². The predicted molar refractivity (Wildman–Crippen MR) is 138 cm³/mol. The molecule has 0 atom stereocenters. The summed E-state index contributed by atoms with van der Waals surface area (Å²) in [6, 6.07) is 19.9. The number of ether oxygens (including phenoxy) is 2. The van der Waals surface area contributed by atoms with Gasteiger partial charge in [-0.15, -0.1) is 0 Å². The minimum Gasteiger partial charge on any atom is -0.497 e. The van der Waals surface area contributed by atoms with E-state index in [4.69, 9.17) is 18.8 Å². The average molecular weight is 509 g/mol. The van der Waals surface area contributed by atoms with Crippen LogP contribution in [0, 0.1) is 0 Å². The molecule has 8 nitrogen and oxygen atoms in total. The summed E-state index contributed by atoms with van der Waals surface area (Å²) in [6.07, 6.45) is 0.302. The summed E-state index contributed by atoms with van der Waals surface area (Å²) in [5.41, 5.74) is 2.18. The third-order valence-electron chi connectivity index (χ3n) is 5.94. The van der Waals surface area contributed by atoms with E-state index in [9.17, 15) is 9.59 Å². The van der Waals surface area contributed by atoms with E-state index in [0.29, 0.717) is 36.8 Å². The molecule has 36 heavy (non-hydrogen) atoms. The summed E-state index contributed by atoms with van der Waals surface area (Å²) in [7, 11) is 3.19. The van der Waals surface area contributed by atoms with Crippen molar-refractivity contribution in [2.24, 2.45) is 0 Å². The first-order chi connectivity index (χ1) is 17.4. The van der Waals surface area contributed by atoms with Gasteiger partial charge in [-0.1, -0.05) is 0 Å². The molecule has 0 saturated carbocycles. The fourth-order valence-electron chi connectivity index (χ4n) is 3.93. The zero-order chi connectivity index (χ0) is 25.5. The number of aromatic carboxylic acids is 1. The zero-order valence-corrected chi connectivity index (χ0v) is 21.0. The second-order valence-electron chi connectivity index (χ2n) is 8.26. The number of carboxylic acid groups (broad SMARTS) is 1. The van der Waals surface area contributed by atoms with E-state index in [1.54, 1.807) is 44.6 Å². The Balaban J connectivity index is 1.27. The molecule has 0 bridgehead atoms. The molecule has 1 amide bonds. The van der Waals surface area contributed by atoms with Gasteiger partial charge in [0.15, 0.2) is 0 Å². The van der Waals surface area contributed by atoms with Crippen LogP contribution >= 0.6 is 12.0 Å². The van der Waals surface area contributed by atoms with E-state index in [2.05, 4.69) is 4.90 Å². The average Bonchev–Trinajstić information content (AvgIpc) is 2.92. The van der Waals surface area contributed by atoms with Crippen LogP contribution in [0.4, 0.5) is 5.69 Å². The molecule has 0 unspecified atom stereocenters. The lowest BCUT2D eigenvalue weighted by atomic mass is 10.1. The molecular formula is C27H28N2O6S. The number of rotatable bonds is 9. The number of anilines is 1. The molecule has 1 N–H and O–H groups in total. The molecule has 1 aliphatic rings. The molecule has 0 aromatic heterocycles. The van der Waals surface area contributed by atoms with Gasteiger partial charge in [0.25, 0.3) is 0 Å². The highest BCUT2D eigenvalue weighted by atomic mass is 32.2. The lowest BCUT2D eigenvalue weighted by Gasteiger charge is -2.36. The highest BCUT2D eigenvalue weighted by molar-refractivity contribution is 7.95. The highest BCUT2D eigenvalue weighted by Gasteiger charge is 2.22. The Kier molecular flexibility index (Phi) is 8.22. The number of carbonyl (C=O) groups is 2. The maximum Gasteiger partial charge on any atom is 0.335 e. The van der Waals surface area contributed by atoms with Gasteiger partial charge in [-0.3, -0.25) is 4.79 Å². The summed E-state index contributed by atoms with van der Waals surface area (Å²) in [5, 5.41) is 8.98. The highest BCUT2D eigenvalue weighted by Crippen LogP contribution is 2.27. The lowest BCUT2D eigenvalue weighted by molar-refractivity contribution is -0.130. The zero-order valence-electron chi connectivity index (χ0n) is 20.2. The van der Waals surface area contributed by atoms with Gasteiger partial charge in [0.2, 0.25) is 5.91 Å².